The van der Waals surface area contributed by atoms with Crippen LogP contribution in [0.25, 0.3) is 0 Å². The van der Waals surface area contributed by atoms with Crippen molar-refractivity contribution in [1.82, 2.24) is 20.0 Å². The summed E-state index contributed by atoms with van der Waals surface area (Å²) in [6.07, 6.45) is 3.99. The number of carboxylic acids is 1. The van der Waals surface area contributed by atoms with Gasteiger partial charge >= 0.3 is 5.97 Å². The van der Waals surface area contributed by atoms with E-state index in [-0.39, 0.29) is 16.9 Å². The van der Waals surface area contributed by atoms with Gasteiger partial charge in [0.05, 0.1) is 30.2 Å². The summed E-state index contributed by atoms with van der Waals surface area (Å²) in [5.41, 5.74) is 5.72. The van der Waals surface area contributed by atoms with E-state index in [2.05, 4.69) is 20.6 Å². The molecular formula is C11H12N6O3. The summed E-state index contributed by atoms with van der Waals surface area (Å²) in [5, 5.41) is 18.8. The van der Waals surface area contributed by atoms with Crippen molar-refractivity contribution in [3.05, 3.63) is 35.9 Å². The van der Waals surface area contributed by atoms with Crippen LogP contribution in [0.1, 0.15) is 20.8 Å². The fourth-order valence-corrected chi connectivity index (χ4v) is 1.46. The van der Waals surface area contributed by atoms with Crippen LogP contribution in [0.5, 0.6) is 0 Å². The molecule has 2 aromatic heterocycles. The first kappa shape index (κ1) is 13.6. The molecule has 0 aliphatic rings. The van der Waals surface area contributed by atoms with Crippen LogP contribution in [0.2, 0.25) is 0 Å². The Morgan fingerprint density at radius 1 is 1.40 bits per heavy atom. The largest absolute Gasteiger partial charge is 0.478 e. The van der Waals surface area contributed by atoms with Crippen LogP contribution >= 0.6 is 0 Å². The van der Waals surface area contributed by atoms with Crippen LogP contribution in [-0.2, 0) is 6.54 Å². The fraction of sp³-hybridized carbons (Fsp3) is 0.182. The highest BCUT2D eigenvalue weighted by atomic mass is 16.4. The number of carbonyl (C=O) groups excluding carboxylic acids is 1. The molecule has 0 saturated carbocycles. The highest BCUT2D eigenvalue weighted by Crippen LogP contribution is 2.09. The van der Waals surface area contributed by atoms with Crippen molar-refractivity contribution in [3.63, 3.8) is 0 Å². The van der Waals surface area contributed by atoms with Crippen LogP contribution in [0.15, 0.2) is 24.7 Å². The standard InChI is InChI=1S/C11H12N6O3/c12-1-2-17-6-9(15-16-17)10(18)14-8-3-7(11(19)20)4-13-5-8/h3-6H,1-2,12H2,(H,14,18)(H,19,20). The highest BCUT2D eigenvalue weighted by molar-refractivity contribution is 6.03. The third-order valence-electron chi connectivity index (χ3n) is 2.37. The van der Waals surface area contributed by atoms with Gasteiger partial charge in [-0.3, -0.25) is 14.5 Å². The molecule has 0 aromatic carbocycles. The average molecular weight is 276 g/mol. The number of hydrogen-bond donors (Lipinski definition) is 3. The van der Waals surface area contributed by atoms with E-state index in [1.165, 1.54) is 29.3 Å². The fourth-order valence-electron chi connectivity index (χ4n) is 1.46. The van der Waals surface area contributed by atoms with Crippen LogP contribution in [0, 0.1) is 0 Å². The maximum atomic E-state index is 11.9. The number of amides is 1. The Morgan fingerprint density at radius 2 is 2.20 bits per heavy atom. The summed E-state index contributed by atoms with van der Waals surface area (Å²) in [5.74, 6) is -1.62. The molecule has 0 atom stereocenters. The topological polar surface area (TPSA) is 136 Å². The summed E-state index contributed by atoms with van der Waals surface area (Å²) < 4.78 is 1.45. The van der Waals surface area contributed by atoms with E-state index in [9.17, 15) is 9.59 Å². The van der Waals surface area contributed by atoms with E-state index in [0.717, 1.165) is 0 Å². The number of carboxylic acid groups (broad SMARTS) is 1. The van der Waals surface area contributed by atoms with E-state index in [0.29, 0.717) is 13.1 Å². The molecule has 0 spiro atoms. The number of nitrogens with zero attached hydrogens (tertiary/aromatic N) is 4. The minimum atomic E-state index is -1.12. The Kier molecular flexibility index (Phi) is 4.01. The van der Waals surface area contributed by atoms with Gasteiger partial charge in [0.15, 0.2) is 5.69 Å². The molecule has 0 aliphatic heterocycles. The van der Waals surface area contributed by atoms with Gasteiger partial charge in [0, 0.05) is 12.7 Å². The smallest absolute Gasteiger partial charge is 0.337 e. The molecule has 2 aromatic rings. The number of aromatic carboxylic acids is 1. The molecule has 20 heavy (non-hydrogen) atoms. The molecule has 2 rings (SSSR count). The number of nitrogens with one attached hydrogen (secondary N) is 1. The maximum Gasteiger partial charge on any atom is 0.337 e. The first-order chi connectivity index (χ1) is 9.60. The number of nitrogens with two attached hydrogens (primary N) is 1. The Balaban J connectivity index is 2.10. The van der Waals surface area contributed by atoms with Gasteiger partial charge in [-0.05, 0) is 6.07 Å². The zero-order chi connectivity index (χ0) is 14.5. The van der Waals surface area contributed by atoms with Crippen molar-refractivity contribution in [1.29, 1.82) is 0 Å². The first-order valence-corrected chi connectivity index (χ1v) is 5.70. The number of anilines is 1. The van der Waals surface area contributed by atoms with Gasteiger partial charge in [-0.2, -0.15) is 0 Å². The van der Waals surface area contributed by atoms with E-state index >= 15 is 0 Å². The quantitative estimate of drug-likeness (QED) is 0.674. The lowest BCUT2D eigenvalue weighted by Gasteiger charge is -2.02. The molecule has 9 heteroatoms. The Bertz CT molecular complexity index is 639. The summed E-state index contributed by atoms with van der Waals surface area (Å²) in [6.45, 7) is 0.839. The molecule has 104 valence electrons. The molecule has 4 N–H and O–H groups in total. The number of hydrogen-bond acceptors (Lipinski definition) is 6. The predicted molar refractivity (Wildman–Crippen MR) is 68.2 cm³/mol. The van der Waals surface area contributed by atoms with Crippen molar-refractivity contribution < 1.29 is 14.7 Å². The van der Waals surface area contributed by atoms with E-state index < -0.39 is 11.9 Å². The maximum absolute atomic E-state index is 11.9. The number of rotatable bonds is 5. The van der Waals surface area contributed by atoms with E-state index in [1.54, 1.807) is 0 Å². The van der Waals surface area contributed by atoms with Gasteiger partial charge < -0.3 is 16.2 Å². The molecule has 0 aliphatic carbocycles. The minimum absolute atomic E-state index is 0.0189. The monoisotopic (exact) mass is 276 g/mol. The van der Waals surface area contributed by atoms with Crippen molar-refractivity contribution in [3.8, 4) is 0 Å². The number of carbonyl (C=O) groups is 2. The summed E-state index contributed by atoms with van der Waals surface area (Å²) in [6, 6.07) is 1.30. The summed E-state index contributed by atoms with van der Waals surface area (Å²) >= 11 is 0. The van der Waals surface area contributed by atoms with Gasteiger partial charge in [0.25, 0.3) is 5.91 Å². The lowest BCUT2D eigenvalue weighted by Crippen LogP contribution is -2.13. The molecule has 0 radical (unpaired) electrons. The highest BCUT2D eigenvalue weighted by Gasteiger charge is 2.12. The molecular weight excluding hydrogens is 264 g/mol. The van der Waals surface area contributed by atoms with Crippen LogP contribution < -0.4 is 11.1 Å². The van der Waals surface area contributed by atoms with Gasteiger partial charge in [0.1, 0.15) is 0 Å². The lowest BCUT2D eigenvalue weighted by atomic mass is 10.2. The summed E-state index contributed by atoms with van der Waals surface area (Å²) in [7, 11) is 0. The van der Waals surface area contributed by atoms with Crippen LogP contribution in [-0.4, -0.2) is 43.5 Å². The lowest BCUT2D eigenvalue weighted by molar-refractivity contribution is 0.0696. The average Bonchev–Trinajstić information content (AvgIpc) is 2.88. The van der Waals surface area contributed by atoms with Crippen molar-refractivity contribution in [2.75, 3.05) is 11.9 Å². The third kappa shape index (κ3) is 3.14. The number of aromatic nitrogens is 4. The molecule has 0 saturated heterocycles. The van der Waals surface area contributed by atoms with Crippen molar-refractivity contribution in [2.45, 2.75) is 6.54 Å². The Labute approximate surface area is 113 Å². The van der Waals surface area contributed by atoms with Gasteiger partial charge in [-0.15, -0.1) is 5.10 Å². The predicted octanol–water partition coefficient (Wildman–Crippen LogP) is -0.418. The first-order valence-electron chi connectivity index (χ1n) is 5.70. The molecule has 0 fully saturated rings. The second kappa shape index (κ2) is 5.89. The molecule has 9 nitrogen and oxygen atoms in total. The summed E-state index contributed by atoms with van der Waals surface area (Å²) in [4.78, 5) is 26.4. The van der Waals surface area contributed by atoms with Gasteiger partial charge in [-0.1, -0.05) is 5.21 Å². The molecule has 1 amide bonds. The Hall–Kier alpha value is -2.81. The normalized spacial score (nSPS) is 10.2. The number of pyridine rings is 1. The second-order valence-electron chi connectivity index (χ2n) is 3.88. The molecule has 2 heterocycles. The Morgan fingerprint density at radius 3 is 2.90 bits per heavy atom. The zero-order valence-electron chi connectivity index (χ0n) is 10.4. The van der Waals surface area contributed by atoms with Crippen molar-refractivity contribution >= 4 is 17.6 Å². The van der Waals surface area contributed by atoms with Crippen LogP contribution in [0.4, 0.5) is 5.69 Å². The van der Waals surface area contributed by atoms with Gasteiger partial charge in [-0.25, -0.2) is 4.79 Å². The SMILES string of the molecule is NCCn1cc(C(=O)Nc2cncc(C(=O)O)c2)nn1. The third-order valence-corrected chi connectivity index (χ3v) is 2.37. The second-order valence-corrected chi connectivity index (χ2v) is 3.88. The van der Waals surface area contributed by atoms with Gasteiger partial charge in [0.2, 0.25) is 0 Å². The molecule has 0 bridgehead atoms. The van der Waals surface area contributed by atoms with Crippen LogP contribution in [0.3, 0.4) is 0 Å². The van der Waals surface area contributed by atoms with E-state index in [4.69, 9.17) is 10.8 Å². The van der Waals surface area contributed by atoms with E-state index in [1.807, 2.05) is 0 Å². The molecule has 0 unspecified atom stereocenters. The zero-order valence-corrected chi connectivity index (χ0v) is 10.4. The van der Waals surface area contributed by atoms with Crippen molar-refractivity contribution in [2.24, 2.45) is 5.73 Å². The minimum Gasteiger partial charge on any atom is -0.478 e.